The Balaban J connectivity index is 2.53. The number of para-hydroxylation sites is 1. The number of hydrogen-bond donors (Lipinski definition) is 3. The Morgan fingerprint density at radius 1 is 1.11 bits per heavy atom. The molecule has 0 saturated heterocycles. The Morgan fingerprint density at radius 3 is 2.39 bits per heavy atom. The second kappa shape index (κ2) is 4.75. The zero-order valence-corrected chi connectivity index (χ0v) is 9.22. The van der Waals surface area contributed by atoms with Crippen molar-refractivity contribution in [2.45, 2.75) is 0 Å². The fourth-order valence-electron chi connectivity index (χ4n) is 1.64. The lowest BCUT2D eigenvalue weighted by molar-refractivity contribution is 0.209. The van der Waals surface area contributed by atoms with E-state index in [-0.39, 0.29) is 11.4 Å². The summed E-state index contributed by atoms with van der Waals surface area (Å²) in [5, 5.41) is 19.9. The number of phenolic OH excluding ortho intramolecular Hbond substituents is 1. The highest BCUT2D eigenvalue weighted by Crippen LogP contribution is 2.31. The molecule has 2 aromatic rings. The van der Waals surface area contributed by atoms with E-state index in [0.29, 0.717) is 11.1 Å². The van der Waals surface area contributed by atoms with E-state index in [1.165, 1.54) is 24.3 Å². The van der Waals surface area contributed by atoms with Crippen molar-refractivity contribution >= 4 is 11.8 Å². The monoisotopic (exact) mass is 247 g/mol. The SMILES string of the molecule is O=C(O)Nc1c(F)cccc1-c1ccc(O)cc1. The molecule has 5 heteroatoms. The molecule has 2 aromatic carbocycles. The first kappa shape index (κ1) is 11.9. The molecule has 3 N–H and O–H groups in total. The van der Waals surface area contributed by atoms with Gasteiger partial charge in [0.2, 0.25) is 0 Å². The van der Waals surface area contributed by atoms with Crippen LogP contribution in [0.2, 0.25) is 0 Å². The largest absolute Gasteiger partial charge is 0.508 e. The van der Waals surface area contributed by atoms with Gasteiger partial charge in [0.15, 0.2) is 0 Å². The molecule has 0 aliphatic heterocycles. The molecule has 92 valence electrons. The van der Waals surface area contributed by atoms with Gasteiger partial charge in [-0.1, -0.05) is 24.3 Å². The minimum Gasteiger partial charge on any atom is -0.508 e. The van der Waals surface area contributed by atoms with Crippen molar-refractivity contribution in [3.05, 3.63) is 48.3 Å². The molecule has 4 nitrogen and oxygen atoms in total. The van der Waals surface area contributed by atoms with E-state index < -0.39 is 11.9 Å². The lowest BCUT2D eigenvalue weighted by atomic mass is 10.0. The number of rotatable bonds is 2. The summed E-state index contributed by atoms with van der Waals surface area (Å²) in [6, 6.07) is 10.3. The Morgan fingerprint density at radius 2 is 1.78 bits per heavy atom. The zero-order valence-electron chi connectivity index (χ0n) is 9.22. The van der Waals surface area contributed by atoms with Gasteiger partial charge >= 0.3 is 6.09 Å². The van der Waals surface area contributed by atoms with Crippen molar-refractivity contribution < 1.29 is 19.4 Å². The van der Waals surface area contributed by atoms with E-state index in [1.807, 2.05) is 5.32 Å². The quantitative estimate of drug-likeness (QED) is 0.762. The molecule has 0 aliphatic rings. The molecule has 0 aromatic heterocycles. The van der Waals surface area contributed by atoms with Crippen LogP contribution < -0.4 is 5.32 Å². The molecular weight excluding hydrogens is 237 g/mol. The van der Waals surface area contributed by atoms with Gasteiger partial charge in [0.25, 0.3) is 0 Å². The highest BCUT2D eigenvalue weighted by Gasteiger charge is 2.12. The molecule has 0 spiro atoms. The summed E-state index contributed by atoms with van der Waals surface area (Å²) in [7, 11) is 0. The van der Waals surface area contributed by atoms with Gasteiger partial charge in [-0.15, -0.1) is 0 Å². The van der Waals surface area contributed by atoms with Crippen LogP contribution in [0.1, 0.15) is 0 Å². The number of carboxylic acid groups (broad SMARTS) is 1. The van der Waals surface area contributed by atoms with Crippen molar-refractivity contribution in [2.75, 3.05) is 5.32 Å². The molecule has 2 rings (SSSR count). The predicted molar refractivity (Wildman–Crippen MR) is 65.1 cm³/mol. The van der Waals surface area contributed by atoms with E-state index in [1.54, 1.807) is 18.2 Å². The second-order valence-electron chi connectivity index (χ2n) is 3.64. The lowest BCUT2D eigenvalue weighted by Gasteiger charge is -2.10. The normalized spacial score (nSPS) is 10.1. The molecule has 18 heavy (non-hydrogen) atoms. The Hall–Kier alpha value is -2.56. The van der Waals surface area contributed by atoms with Crippen LogP contribution >= 0.6 is 0 Å². The highest BCUT2D eigenvalue weighted by atomic mass is 19.1. The van der Waals surface area contributed by atoms with E-state index >= 15 is 0 Å². The van der Waals surface area contributed by atoms with Gasteiger partial charge in [0.1, 0.15) is 11.6 Å². The third kappa shape index (κ3) is 2.40. The smallest absolute Gasteiger partial charge is 0.409 e. The molecule has 1 amide bonds. The molecule has 0 unspecified atom stereocenters. The summed E-state index contributed by atoms with van der Waals surface area (Å²) < 4.78 is 13.6. The van der Waals surface area contributed by atoms with Gasteiger partial charge < -0.3 is 10.2 Å². The average molecular weight is 247 g/mol. The number of anilines is 1. The molecule has 0 atom stereocenters. The second-order valence-corrected chi connectivity index (χ2v) is 3.64. The molecule has 0 fully saturated rings. The average Bonchev–Trinajstić information content (AvgIpc) is 2.32. The summed E-state index contributed by atoms with van der Waals surface area (Å²) in [4.78, 5) is 10.6. The third-order valence-electron chi connectivity index (χ3n) is 2.42. The van der Waals surface area contributed by atoms with Crippen LogP contribution in [0.3, 0.4) is 0 Å². The predicted octanol–water partition coefficient (Wildman–Crippen LogP) is 3.29. The number of carbonyl (C=O) groups is 1. The molecule has 0 bridgehead atoms. The van der Waals surface area contributed by atoms with Gasteiger partial charge in [-0.25, -0.2) is 9.18 Å². The van der Waals surface area contributed by atoms with Crippen LogP contribution in [0.4, 0.5) is 14.9 Å². The summed E-state index contributed by atoms with van der Waals surface area (Å²) in [6.07, 6.45) is -1.33. The number of hydrogen-bond acceptors (Lipinski definition) is 2. The maximum Gasteiger partial charge on any atom is 0.409 e. The maximum absolute atomic E-state index is 13.6. The summed E-state index contributed by atoms with van der Waals surface area (Å²) in [6.45, 7) is 0. The van der Waals surface area contributed by atoms with Crippen LogP contribution in [0.5, 0.6) is 5.75 Å². The van der Waals surface area contributed by atoms with Gasteiger partial charge in [0, 0.05) is 5.56 Å². The van der Waals surface area contributed by atoms with Crippen LogP contribution in [0.25, 0.3) is 11.1 Å². The fraction of sp³-hybridized carbons (Fsp3) is 0. The number of nitrogens with one attached hydrogen (secondary N) is 1. The van der Waals surface area contributed by atoms with E-state index in [9.17, 15) is 14.3 Å². The first-order valence-electron chi connectivity index (χ1n) is 5.16. The van der Waals surface area contributed by atoms with Gasteiger partial charge in [-0.05, 0) is 23.8 Å². The Kier molecular flexibility index (Phi) is 3.14. The molecule has 0 aliphatic carbocycles. The van der Waals surface area contributed by atoms with Crippen molar-refractivity contribution in [1.82, 2.24) is 0 Å². The van der Waals surface area contributed by atoms with Crippen molar-refractivity contribution in [2.24, 2.45) is 0 Å². The topological polar surface area (TPSA) is 69.6 Å². The summed E-state index contributed by atoms with van der Waals surface area (Å²) >= 11 is 0. The van der Waals surface area contributed by atoms with Gasteiger partial charge in [0.05, 0.1) is 5.69 Å². The van der Waals surface area contributed by atoms with E-state index in [0.717, 1.165) is 0 Å². The zero-order chi connectivity index (χ0) is 13.1. The Labute approximate surface area is 102 Å². The minimum absolute atomic E-state index is 0.0860. The number of phenols is 1. The number of benzene rings is 2. The molecular formula is C13H10FNO3. The van der Waals surface area contributed by atoms with Crippen molar-refractivity contribution in [3.8, 4) is 16.9 Å². The van der Waals surface area contributed by atoms with E-state index in [4.69, 9.17) is 5.11 Å². The highest BCUT2D eigenvalue weighted by molar-refractivity contribution is 5.90. The standard InChI is InChI=1S/C13H10FNO3/c14-11-3-1-2-10(12(11)15-13(17)18)8-4-6-9(16)7-5-8/h1-7,15-16H,(H,17,18). The molecule has 0 heterocycles. The first-order chi connectivity index (χ1) is 8.58. The number of halogens is 1. The van der Waals surface area contributed by atoms with Crippen LogP contribution in [-0.4, -0.2) is 16.3 Å². The van der Waals surface area contributed by atoms with Crippen LogP contribution in [0.15, 0.2) is 42.5 Å². The maximum atomic E-state index is 13.6. The molecule has 0 radical (unpaired) electrons. The minimum atomic E-state index is -1.33. The van der Waals surface area contributed by atoms with Crippen molar-refractivity contribution in [1.29, 1.82) is 0 Å². The summed E-state index contributed by atoms with van der Waals surface area (Å²) in [5.41, 5.74) is 0.920. The van der Waals surface area contributed by atoms with Crippen LogP contribution in [0, 0.1) is 5.82 Å². The number of aromatic hydroxyl groups is 1. The van der Waals surface area contributed by atoms with Gasteiger partial charge in [-0.3, -0.25) is 5.32 Å². The summed E-state index contributed by atoms with van der Waals surface area (Å²) in [5.74, 6) is -0.564. The van der Waals surface area contributed by atoms with Crippen molar-refractivity contribution in [3.63, 3.8) is 0 Å². The third-order valence-corrected chi connectivity index (χ3v) is 2.42. The Bertz CT molecular complexity index is 581. The first-order valence-corrected chi connectivity index (χ1v) is 5.16. The van der Waals surface area contributed by atoms with E-state index in [2.05, 4.69) is 0 Å². The number of amides is 1. The molecule has 0 saturated carbocycles. The fourth-order valence-corrected chi connectivity index (χ4v) is 1.64. The van der Waals surface area contributed by atoms with Crippen LogP contribution in [-0.2, 0) is 0 Å². The lowest BCUT2D eigenvalue weighted by Crippen LogP contribution is -2.10. The van der Waals surface area contributed by atoms with Gasteiger partial charge in [-0.2, -0.15) is 0 Å².